The van der Waals surface area contributed by atoms with Gasteiger partial charge in [-0.15, -0.1) is 0 Å². The molecule has 0 aliphatic carbocycles. The molecule has 21 heavy (non-hydrogen) atoms. The Morgan fingerprint density at radius 3 is 2.76 bits per heavy atom. The van der Waals surface area contributed by atoms with Gasteiger partial charge in [-0.1, -0.05) is 13.8 Å². The van der Waals surface area contributed by atoms with Gasteiger partial charge in [0.2, 0.25) is 0 Å². The fourth-order valence-corrected chi connectivity index (χ4v) is 2.38. The lowest BCUT2D eigenvalue weighted by atomic mass is 10.1. The normalized spacial score (nSPS) is 19.8. The number of rotatable bonds is 4. The van der Waals surface area contributed by atoms with Crippen LogP contribution in [0.15, 0.2) is 17.1 Å². The van der Waals surface area contributed by atoms with Crippen LogP contribution in [0.5, 0.6) is 0 Å². The average Bonchev–Trinajstić information content (AvgIpc) is 2.39. The van der Waals surface area contributed by atoms with Gasteiger partial charge in [-0.2, -0.15) is 5.10 Å². The van der Waals surface area contributed by atoms with Crippen LogP contribution in [0.3, 0.4) is 0 Å². The summed E-state index contributed by atoms with van der Waals surface area (Å²) in [4.78, 5) is 14.3. The molecule has 2 N–H and O–H groups in total. The van der Waals surface area contributed by atoms with Crippen LogP contribution < -0.4 is 16.2 Å². The van der Waals surface area contributed by atoms with Gasteiger partial charge in [0, 0.05) is 25.2 Å². The molecule has 6 heteroatoms. The first kappa shape index (κ1) is 16.0. The molecular weight excluding hydrogens is 268 g/mol. The highest BCUT2D eigenvalue weighted by molar-refractivity contribution is 5.43. The molecule has 118 valence electrons. The van der Waals surface area contributed by atoms with Crippen molar-refractivity contribution < 1.29 is 4.74 Å². The second kappa shape index (κ2) is 6.15. The fourth-order valence-electron chi connectivity index (χ4n) is 2.38. The molecule has 0 radical (unpaired) electrons. The number of morpholine rings is 1. The van der Waals surface area contributed by atoms with E-state index in [0.717, 1.165) is 18.8 Å². The number of anilines is 1. The van der Waals surface area contributed by atoms with E-state index < -0.39 is 0 Å². The molecule has 1 fully saturated rings. The second-order valence-electron chi connectivity index (χ2n) is 6.67. The van der Waals surface area contributed by atoms with E-state index in [0.29, 0.717) is 19.1 Å². The second-order valence-corrected chi connectivity index (χ2v) is 6.67. The van der Waals surface area contributed by atoms with E-state index in [1.807, 2.05) is 13.8 Å². The number of aromatic nitrogens is 2. The molecule has 0 aromatic carbocycles. The highest BCUT2D eigenvalue weighted by Crippen LogP contribution is 2.21. The fraction of sp³-hybridized carbons (Fsp3) is 0.733. The Balaban J connectivity index is 2.14. The summed E-state index contributed by atoms with van der Waals surface area (Å²) in [6, 6.07) is 1.57. The van der Waals surface area contributed by atoms with Crippen molar-refractivity contribution in [1.82, 2.24) is 9.78 Å². The van der Waals surface area contributed by atoms with Crippen molar-refractivity contribution in [1.29, 1.82) is 0 Å². The van der Waals surface area contributed by atoms with Crippen LogP contribution >= 0.6 is 0 Å². The monoisotopic (exact) mass is 294 g/mol. The van der Waals surface area contributed by atoms with E-state index in [2.05, 4.69) is 23.8 Å². The van der Waals surface area contributed by atoms with Gasteiger partial charge in [0.05, 0.1) is 30.6 Å². The maximum Gasteiger partial charge on any atom is 0.268 e. The number of hydrogen-bond donors (Lipinski definition) is 1. The van der Waals surface area contributed by atoms with Gasteiger partial charge < -0.3 is 15.4 Å². The van der Waals surface area contributed by atoms with E-state index in [-0.39, 0.29) is 17.2 Å². The van der Waals surface area contributed by atoms with E-state index in [9.17, 15) is 4.79 Å². The van der Waals surface area contributed by atoms with Crippen molar-refractivity contribution in [3.8, 4) is 0 Å². The SMILES string of the molecule is CC(C)C(N)Cn1ncc(N2CCOC(C)(C)C2)cc1=O. The third-order valence-electron chi connectivity index (χ3n) is 3.89. The zero-order valence-corrected chi connectivity index (χ0v) is 13.4. The molecule has 1 unspecified atom stereocenters. The lowest BCUT2D eigenvalue weighted by Gasteiger charge is -2.39. The molecule has 1 aromatic heterocycles. The van der Waals surface area contributed by atoms with Gasteiger partial charge >= 0.3 is 0 Å². The zero-order valence-electron chi connectivity index (χ0n) is 13.4. The first-order valence-corrected chi connectivity index (χ1v) is 7.50. The largest absolute Gasteiger partial charge is 0.372 e. The molecule has 0 spiro atoms. The molecule has 0 bridgehead atoms. The maximum absolute atomic E-state index is 12.2. The summed E-state index contributed by atoms with van der Waals surface area (Å²) in [5.41, 5.74) is 6.55. The van der Waals surface area contributed by atoms with Crippen molar-refractivity contribution >= 4 is 5.69 Å². The minimum absolute atomic E-state index is 0.0663. The van der Waals surface area contributed by atoms with Crippen LogP contribution in [-0.2, 0) is 11.3 Å². The molecule has 1 saturated heterocycles. The van der Waals surface area contributed by atoms with Crippen molar-refractivity contribution in [2.24, 2.45) is 11.7 Å². The summed E-state index contributed by atoms with van der Waals surface area (Å²) in [6.45, 7) is 10.8. The molecular formula is C15H26N4O2. The van der Waals surface area contributed by atoms with E-state index in [1.54, 1.807) is 12.3 Å². The average molecular weight is 294 g/mol. The summed E-state index contributed by atoms with van der Waals surface area (Å²) in [5.74, 6) is 0.318. The van der Waals surface area contributed by atoms with Gasteiger partial charge in [0.1, 0.15) is 0 Å². The molecule has 1 aliphatic rings. The Morgan fingerprint density at radius 1 is 1.48 bits per heavy atom. The number of nitrogens with two attached hydrogens (primary N) is 1. The van der Waals surface area contributed by atoms with Gasteiger partial charge in [-0.3, -0.25) is 4.79 Å². The summed E-state index contributed by atoms with van der Waals surface area (Å²) in [6.07, 6.45) is 1.75. The molecule has 1 atom stereocenters. The lowest BCUT2D eigenvalue weighted by Crippen LogP contribution is -2.48. The van der Waals surface area contributed by atoms with Crippen LogP contribution in [0.25, 0.3) is 0 Å². The van der Waals surface area contributed by atoms with E-state index >= 15 is 0 Å². The summed E-state index contributed by atoms with van der Waals surface area (Å²) < 4.78 is 7.13. The zero-order chi connectivity index (χ0) is 15.6. The Kier molecular flexibility index (Phi) is 4.68. The Labute approximate surface area is 125 Å². The Bertz CT molecular complexity index is 539. The van der Waals surface area contributed by atoms with Crippen LogP contribution in [0.4, 0.5) is 5.69 Å². The highest BCUT2D eigenvalue weighted by atomic mass is 16.5. The molecule has 2 heterocycles. The van der Waals surface area contributed by atoms with Gasteiger partial charge in [-0.25, -0.2) is 4.68 Å². The molecule has 0 amide bonds. The number of nitrogens with zero attached hydrogens (tertiary/aromatic N) is 3. The van der Waals surface area contributed by atoms with Crippen molar-refractivity contribution in [3.63, 3.8) is 0 Å². The minimum atomic E-state index is -0.201. The molecule has 0 saturated carbocycles. The summed E-state index contributed by atoms with van der Waals surface area (Å²) in [5, 5.41) is 4.27. The first-order valence-electron chi connectivity index (χ1n) is 7.50. The van der Waals surface area contributed by atoms with Crippen molar-refractivity contribution in [3.05, 3.63) is 22.6 Å². The predicted octanol–water partition coefficient (Wildman–Crippen LogP) is 0.842. The topological polar surface area (TPSA) is 73.4 Å². The molecule has 1 aromatic rings. The Hall–Kier alpha value is -1.40. The molecule has 6 nitrogen and oxygen atoms in total. The minimum Gasteiger partial charge on any atom is -0.372 e. The van der Waals surface area contributed by atoms with Gasteiger partial charge in [0.15, 0.2) is 0 Å². The van der Waals surface area contributed by atoms with Crippen LogP contribution in [0, 0.1) is 5.92 Å². The number of ether oxygens (including phenoxy) is 1. The third-order valence-corrected chi connectivity index (χ3v) is 3.89. The number of hydrogen-bond acceptors (Lipinski definition) is 5. The smallest absolute Gasteiger partial charge is 0.268 e. The predicted molar refractivity (Wildman–Crippen MR) is 83.6 cm³/mol. The van der Waals surface area contributed by atoms with E-state index in [4.69, 9.17) is 10.5 Å². The highest BCUT2D eigenvalue weighted by Gasteiger charge is 2.27. The van der Waals surface area contributed by atoms with Crippen LogP contribution in [0.1, 0.15) is 27.7 Å². The quantitative estimate of drug-likeness (QED) is 0.891. The van der Waals surface area contributed by atoms with Crippen LogP contribution in [0.2, 0.25) is 0 Å². The third kappa shape index (κ3) is 4.04. The first-order chi connectivity index (χ1) is 9.78. The van der Waals surface area contributed by atoms with E-state index in [1.165, 1.54) is 4.68 Å². The van der Waals surface area contributed by atoms with Gasteiger partial charge in [0.25, 0.3) is 5.56 Å². The maximum atomic E-state index is 12.2. The lowest BCUT2D eigenvalue weighted by molar-refractivity contribution is -0.0277. The molecule has 1 aliphatic heterocycles. The van der Waals surface area contributed by atoms with Crippen molar-refractivity contribution in [2.75, 3.05) is 24.6 Å². The standard InChI is InChI=1S/C15H26N4O2/c1-11(2)13(16)9-19-14(20)7-12(8-17-19)18-5-6-21-15(3,4)10-18/h7-8,11,13H,5-6,9-10,16H2,1-4H3. The van der Waals surface area contributed by atoms with Crippen LogP contribution in [-0.4, -0.2) is 41.1 Å². The summed E-state index contributed by atoms with van der Waals surface area (Å²) in [7, 11) is 0. The van der Waals surface area contributed by atoms with Gasteiger partial charge in [-0.05, 0) is 19.8 Å². The Morgan fingerprint density at radius 2 is 2.19 bits per heavy atom. The van der Waals surface area contributed by atoms with Crippen molar-refractivity contribution in [2.45, 2.75) is 45.9 Å². The molecule has 2 rings (SSSR count). The summed E-state index contributed by atoms with van der Waals surface area (Å²) >= 11 is 0.